The number of hydrogen-bond acceptors (Lipinski definition) is 6. The molecule has 1 saturated carbocycles. The number of fused-ring (bicyclic) bond motifs is 1. The number of hydrogen-bond donors (Lipinski definition) is 0. The van der Waals surface area contributed by atoms with E-state index in [2.05, 4.69) is 6.58 Å². The van der Waals surface area contributed by atoms with Crippen LogP contribution in [-0.2, 0) is 23.8 Å². The van der Waals surface area contributed by atoms with Crippen LogP contribution >= 0.6 is 11.8 Å². The van der Waals surface area contributed by atoms with Crippen LogP contribution in [0.2, 0.25) is 0 Å². The quantitative estimate of drug-likeness (QED) is 0.581. The number of Topliss-reactive ketones (excluding diaryl/α,β-unsaturated/α-hetero) is 1. The average Bonchev–Trinajstić information content (AvgIpc) is 2.67. The van der Waals surface area contributed by atoms with Crippen molar-refractivity contribution in [3.63, 3.8) is 0 Å². The van der Waals surface area contributed by atoms with Crippen molar-refractivity contribution in [3.05, 3.63) is 43.0 Å². The first-order valence-corrected chi connectivity index (χ1v) is 9.45. The number of thioether (sulfide) groups is 1. The molecule has 3 rings (SSSR count). The van der Waals surface area contributed by atoms with Crippen LogP contribution in [0, 0.1) is 11.3 Å². The lowest BCUT2D eigenvalue weighted by Gasteiger charge is -2.56. The number of benzene rings is 1. The van der Waals surface area contributed by atoms with Crippen molar-refractivity contribution in [1.82, 2.24) is 0 Å². The summed E-state index contributed by atoms with van der Waals surface area (Å²) in [6.07, 6.45) is 2.45. The standard InChI is InChI=1S/C20H24O5S/c1-4-19-13-25-17(23-2)11-14(19)10-15(21)12-20(19,18(22)24-3)26-16-8-6-5-7-9-16/h4-9,14,17H,1,10-13H2,2-3H3/t14-,17-,19+,20-/m1/s1. The SMILES string of the molecule is C=C[C@]12CO[C@@H](OC)C[C@H]1CC(=O)C[C@@]2(Sc1ccccc1)C(=O)OC. The first kappa shape index (κ1) is 19.1. The minimum atomic E-state index is -1.11. The van der Waals surface area contributed by atoms with Gasteiger partial charge in [-0.15, -0.1) is 18.3 Å². The molecule has 0 bridgehead atoms. The monoisotopic (exact) mass is 376 g/mol. The zero-order valence-corrected chi connectivity index (χ0v) is 15.9. The van der Waals surface area contributed by atoms with E-state index in [1.54, 1.807) is 13.2 Å². The molecule has 0 spiro atoms. The Morgan fingerprint density at radius 3 is 2.69 bits per heavy atom. The van der Waals surface area contributed by atoms with E-state index in [1.165, 1.54) is 18.9 Å². The lowest BCUT2D eigenvalue weighted by atomic mass is 9.57. The number of carbonyl (C=O) groups is 2. The molecule has 4 atom stereocenters. The van der Waals surface area contributed by atoms with Crippen LogP contribution < -0.4 is 0 Å². The van der Waals surface area contributed by atoms with Gasteiger partial charge in [0.05, 0.1) is 13.7 Å². The Kier molecular flexibility index (Phi) is 5.55. The molecule has 1 aromatic carbocycles. The normalized spacial score (nSPS) is 34.0. The molecule has 1 aliphatic carbocycles. The van der Waals surface area contributed by atoms with Gasteiger partial charge in [0.25, 0.3) is 0 Å². The van der Waals surface area contributed by atoms with Crippen molar-refractivity contribution >= 4 is 23.5 Å². The van der Waals surface area contributed by atoms with Gasteiger partial charge in [-0.25, -0.2) is 0 Å². The summed E-state index contributed by atoms with van der Waals surface area (Å²) in [6.45, 7) is 4.30. The van der Waals surface area contributed by atoms with Crippen LogP contribution in [0.25, 0.3) is 0 Å². The second-order valence-corrected chi connectivity index (χ2v) is 8.18. The summed E-state index contributed by atoms with van der Waals surface area (Å²) >= 11 is 1.38. The fourth-order valence-corrected chi connectivity index (χ4v) is 5.80. The van der Waals surface area contributed by atoms with E-state index in [0.717, 1.165) is 4.90 Å². The predicted molar refractivity (Wildman–Crippen MR) is 98.8 cm³/mol. The molecule has 1 aromatic rings. The maximum Gasteiger partial charge on any atom is 0.323 e. The molecule has 0 radical (unpaired) electrons. The molecule has 5 nitrogen and oxygen atoms in total. The van der Waals surface area contributed by atoms with Crippen LogP contribution in [-0.4, -0.2) is 43.6 Å². The molecule has 2 fully saturated rings. The molecular weight excluding hydrogens is 352 g/mol. The molecule has 140 valence electrons. The minimum absolute atomic E-state index is 0.0538. The Morgan fingerprint density at radius 1 is 1.35 bits per heavy atom. The van der Waals surface area contributed by atoms with Crippen molar-refractivity contribution in [3.8, 4) is 0 Å². The second-order valence-electron chi connectivity index (χ2n) is 6.81. The van der Waals surface area contributed by atoms with E-state index < -0.39 is 16.1 Å². The fourth-order valence-electron chi connectivity index (χ4n) is 4.20. The van der Waals surface area contributed by atoms with Crippen molar-refractivity contribution in [2.45, 2.75) is 35.2 Å². The number of carbonyl (C=O) groups excluding carboxylic acids is 2. The van der Waals surface area contributed by atoms with Crippen molar-refractivity contribution in [2.24, 2.45) is 11.3 Å². The van der Waals surface area contributed by atoms with Crippen LogP contribution in [0.3, 0.4) is 0 Å². The molecule has 1 heterocycles. The highest BCUT2D eigenvalue weighted by Gasteiger charge is 2.65. The highest BCUT2D eigenvalue weighted by molar-refractivity contribution is 8.01. The molecule has 1 saturated heterocycles. The summed E-state index contributed by atoms with van der Waals surface area (Å²) in [4.78, 5) is 26.6. The smallest absolute Gasteiger partial charge is 0.323 e. The Balaban J connectivity index is 2.11. The Hall–Kier alpha value is -1.63. The van der Waals surface area contributed by atoms with E-state index in [4.69, 9.17) is 14.2 Å². The maximum absolute atomic E-state index is 13.1. The van der Waals surface area contributed by atoms with Gasteiger partial charge >= 0.3 is 5.97 Å². The Morgan fingerprint density at radius 2 is 2.08 bits per heavy atom. The minimum Gasteiger partial charge on any atom is -0.468 e. The predicted octanol–water partition coefficient (Wildman–Crippen LogP) is 3.23. The number of esters is 1. The number of ketones is 1. The van der Waals surface area contributed by atoms with Gasteiger partial charge in [0.1, 0.15) is 10.5 Å². The Labute approximate surface area is 158 Å². The van der Waals surface area contributed by atoms with Crippen molar-refractivity contribution in [1.29, 1.82) is 0 Å². The van der Waals surface area contributed by atoms with Gasteiger partial charge in [-0.05, 0) is 18.1 Å². The average molecular weight is 376 g/mol. The van der Waals surface area contributed by atoms with E-state index in [1.807, 2.05) is 30.3 Å². The molecule has 2 aliphatic rings. The molecule has 0 amide bonds. The third-order valence-corrected chi connectivity index (χ3v) is 7.11. The fraction of sp³-hybridized carbons (Fsp3) is 0.500. The highest BCUT2D eigenvalue weighted by atomic mass is 32.2. The summed E-state index contributed by atoms with van der Waals surface area (Å²) in [5.74, 6) is -0.447. The van der Waals surface area contributed by atoms with Gasteiger partial charge in [0, 0.05) is 36.7 Å². The number of rotatable bonds is 5. The van der Waals surface area contributed by atoms with Crippen LogP contribution in [0.5, 0.6) is 0 Å². The summed E-state index contributed by atoms with van der Waals surface area (Å²) in [5, 5.41) is 0. The topological polar surface area (TPSA) is 61.8 Å². The van der Waals surface area contributed by atoms with Crippen LogP contribution in [0.1, 0.15) is 19.3 Å². The zero-order valence-electron chi connectivity index (χ0n) is 15.1. The molecule has 6 heteroatoms. The maximum atomic E-state index is 13.1. The van der Waals surface area contributed by atoms with Crippen molar-refractivity contribution < 1.29 is 23.8 Å². The summed E-state index contributed by atoms with van der Waals surface area (Å²) in [6, 6.07) is 9.60. The molecule has 26 heavy (non-hydrogen) atoms. The highest BCUT2D eigenvalue weighted by Crippen LogP contribution is 2.60. The summed E-state index contributed by atoms with van der Waals surface area (Å²) in [7, 11) is 2.95. The van der Waals surface area contributed by atoms with Gasteiger partial charge in [-0.3, -0.25) is 9.59 Å². The lowest BCUT2D eigenvalue weighted by Crippen LogP contribution is -2.63. The van der Waals surface area contributed by atoms with E-state index in [9.17, 15) is 9.59 Å². The van der Waals surface area contributed by atoms with Crippen molar-refractivity contribution in [2.75, 3.05) is 20.8 Å². The molecule has 0 unspecified atom stereocenters. The van der Waals surface area contributed by atoms with Gasteiger partial charge in [-0.1, -0.05) is 24.3 Å². The van der Waals surface area contributed by atoms with E-state index in [-0.39, 0.29) is 31.0 Å². The number of methoxy groups -OCH3 is 2. The van der Waals surface area contributed by atoms with Gasteiger partial charge in [-0.2, -0.15) is 0 Å². The third kappa shape index (κ3) is 3.00. The Bertz CT molecular complexity index is 691. The van der Waals surface area contributed by atoms with Gasteiger partial charge in [0.15, 0.2) is 6.29 Å². The van der Waals surface area contributed by atoms with Crippen LogP contribution in [0.15, 0.2) is 47.9 Å². The lowest BCUT2D eigenvalue weighted by molar-refractivity contribution is -0.208. The molecule has 1 aliphatic heterocycles. The summed E-state index contributed by atoms with van der Waals surface area (Å²) in [5.41, 5.74) is -0.705. The third-order valence-electron chi connectivity index (χ3n) is 5.56. The molecule has 0 aromatic heterocycles. The summed E-state index contributed by atoms with van der Waals surface area (Å²) < 4.78 is 15.3. The van der Waals surface area contributed by atoms with Crippen LogP contribution in [0.4, 0.5) is 0 Å². The van der Waals surface area contributed by atoms with Gasteiger partial charge < -0.3 is 14.2 Å². The first-order chi connectivity index (χ1) is 12.5. The molecule has 0 N–H and O–H groups in total. The van der Waals surface area contributed by atoms with Gasteiger partial charge in [0.2, 0.25) is 0 Å². The largest absolute Gasteiger partial charge is 0.468 e. The first-order valence-electron chi connectivity index (χ1n) is 8.63. The second kappa shape index (κ2) is 7.55. The molecular formula is C20H24O5S. The van der Waals surface area contributed by atoms with E-state index >= 15 is 0 Å². The number of ether oxygens (including phenoxy) is 3. The zero-order chi connectivity index (χ0) is 18.8. The van der Waals surface area contributed by atoms with E-state index in [0.29, 0.717) is 12.8 Å².